The average molecular weight is 263 g/mol. The van der Waals surface area contributed by atoms with E-state index >= 15 is 0 Å². The summed E-state index contributed by atoms with van der Waals surface area (Å²) < 4.78 is 5.22. The Kier molecular flexibility index (Phi) is 5.33. The molecule has 0 aliphatic carbocycles. The zero-order chi connectivity index (χ0) is 13.5. The van der Waals surface area contributed by atoms with Crippen molar-refractivity contribution in [2.75, 3.05) is 44.3 Å². The van der Waals surface area contributed by atoms with Gasteiger partial charge < -0.3 is 20.7 Å². The predicted molar refractivity (Wildman–Crippen MR) is 80.8 cm³/mol. The smallest absolute Gasteiger partial charge is 0.121 e. The number of ether oxygens (including phenoxy) is 1. The van der Waals surface area contributed by atoms with Gasteiger partial charge in [-0.15, -0.1) is 0 Å². The summed E-state index contributed by atoms with van der Waals surface area (Å²) in [5, 5.41) is 3.41. The van der Waals surface area contributed by atoms with Crippen molar-refractivity contribution < 1.29 is 4.74 Å². The van der Waals surface area contributed by atoms with Gasteiger partial charge in [-0.05, 0) is 38.1 Å². The molecule has 19 heavy (non-hydrogen) atoms. The van der Waals surface area contributed by atoms with Gasteiger partial charge in [0.15, 0.2) is 0 Å². The van der Waals surface area contributed by atoms with Crippen LogP contribution in [-0.2, 0) is 0 Å². The lowest BCUT2D eigenvalue weighted by molar-refractivity contribution is 0.296. The van der Waals surface area contributed by atoms with Crippen molar-refractivity contribution in [3.8, 4) is 5.75 Å². The summed E-state index contributed by atoms with van der Waals surface area (Å²) in [4.78, 5) is 2.54. The van der Waals surface area contributed by atoms with Crippen molar-refractivity contribution in [1.82, 2.24) is 4.90 Å². The molecule has 106 valence electrons. The highest BCUT2D eigenvalue weighted by Crippen LogP contribution is 2.24. The largest absolute Gasteiger partial charge is 0.497 e. The highest BCUT2D eigenvalue weighted by Gasteiger charge is 2.08. The minimum Gasteiger partial charge on any atom is -0.497 e. The first-order valence-electron chi connectivity index (χ1n) is 7.19. The van der Waals surface area contributed by atoms with Crippen molar-refractivity contribution in [1.29, 1.82) is 0 Å². The van der Waals surface area contributed by atoms with Crippen molar-refractivity contribution >= 4 is 11.4 Å². The molecule has 1 aromatic carbocycles. The molecule has 4 nitrogen and oxygen atoms in total. The molecule has 0 saturated carbocycles. The number of methoxy groups -OCH3 is 1. The summed E-state index contributed by atoms with van der Waals surface area (Å²) in [5.74, 6) is 0.839. The zero-order valence-corrected chi connectivity index (χ0v) is 11.8. The van der Waals surface area contributed by atoms with Gasteiger partial charge in [0, 0.05) is 19.2 Å². The van der Waals surface area contributed by atoms with E-state index in [1.807, 2.05) is 18.2 Å². The number of rotatable bonds is 5. The third kappa shape index (κ3) is 4.31. The second-order valence-electron chi connectivity index (χ2n) is 5.14. The van der Waals surface area contributed by atoms with Crippen molar-refractivity contribution in [2.45, 2.75) is 25.7 Å². The maximum atomic E-state index is 5.96. The molecule has 0 bridgehead atoms. The normalized spacial score (nSPS) is 16.9. The Labute approximate surface area is 115 Å². The third-order valence-corrected chi connectivity index (χ3v) is 3.70. The Morgan fingerprint density at radius 1 is 1.21 bits per heavy atom. The van der Waals surface area contributed by atoms with Gasteiger partial charge in [-0.3, -0.25) is 0 Å². The molecule has 0 atom stereocenters. The number of anilines is 2. The fraction of sp³-hybridized carbons (Fsp3) is 0.600. The van der Waals surface area contributed by atoms with Crippen LogP contribution < -0.4 is 15.8 Å². The number of nitrogen functional groups attached to an aromatic ring is 1. The number of nitrogens with one attached hydrogen (secondary N) is 1. The fourth-order valence-electron chi connectivity index (χ4n) is 2.52. The number of likely N-dealkylation sites (tertiary alicyclic amines) is 1. The standard InChI is InChI=1S/C15H25N3O/c1-19-13-6-7-14(16)15(12-13)17-8-11-18-9-4-2-3-5-10-18/h6-7,12,17H,2-5,8-11,16H2,1H3. The molecule has 0 unspecified atom stereocenters. The molecule has 0 aromatic heterocycles. The van der Waals surface area contributed by atoms with E-state index in [1.165, 1.54) is 38.8 Å². The molecule has 0 radical (unpaired) electrons. The molecule has 1 fully saturated rings. The summed E-state index contributed by atoms with van der Waals surface area (Å²) in [5.41, 5.74) is 7.70. The Balaban J connectivity index is 1.81. The SMILES string of the molecule is COc1ccc(N)c(NCCN2CCCCCC2)c1. The van der Waals surface area contributed by atoms with Gasteiger partial charge in [-0.2, -0.15) is 0 Å². The van der Waals surface area contributed by atoms with Gasteiger partial charge in [0.2, 0.25) is 0 Å². The average Bonchev–Trinajstić information content (AvgIpc) is 2.69. The molecule has 0 spiro atoms. The van der Waals surface area contributed by atoms with E-state index in [-0.39, 0.29) is 0 Å². The Bertz CT molecular complexity index is 387. The summed E-state index contributed by atoms with van der Waals surface area (Å²) in [7, 11) is 1.67. The molecule has 3 N–H and O–H groups in total. The van der Waals surface area contributed by atoms with Gasteiger partial charge >= 0.3 is 0 Å². The lowest BCUT2D eigenvalue weighted by Gasteiger charge is -2.20. The minimum absolute atomic E-state index is 0.775. The first-order chi connectivity index (χ1) is 9.29. The quantitative estimate of drug-likeness (QED) is 0.802. The summed E-state index contributed by atoms with van der Waals surface area (Å²) in [6.45, 7) is 4.47. The molecular weight excluding hydrogens is 238 g/mol. The summed E-state index contributed by atoms with van der Waals surface area (Å²) >= 11 is 0. The van der Waals surface area contributed by atoms with E-state index in [0.29, 0.717) is 0 Å². The van der Waals surface area contributed by atoms with Crippen LogP contribution in [0.1, 0.15) is 25.7 Å². The van der Waals surface area contributed by atoms with Gasteiger partial charge in [0.25, 0.3) is 0 Å². The van der Waals surface area contributed by atoms with Gasteiger partial charge in [-0.1, -0.05) is 12.8 Å². The third-order valence-electron chi connectivity index (χ3n) is 3.70. The molecule has 1 aliphatic rings. The van der Waals surface area contributed by atoms with Crippen molar-refractivity contribution in [3.63, 3.8) is 0 Å². The van der Waals surface area contributed by atoms with Crippen molar-refractivity contribution in [2.24, 2.45) is 0 Å². The monoisotopic (exact) mass is 263 g/mol. The van der Waals surface area contributed by atoms with Crippen LogP contribution in [0.4, 0.5) is 11.4 Å². The number of hydrogen-bond acceptors (Lipinski definition) is 4. The van der Waals surface area contributed by atoms with Crippen LogP contribution in [0.2, 0.25) is 0 Å². The van der Waals surface area contributed by atoms with Crippen LogP contribution >= 0.6 is 0 Å². The highest BCUT2D eigenvalue weighted by molar-refractivity contribution is 5.68. The van der Waals surface area contributed by atoms with Crippen LogP contribution in [-0.4, -0.2) is 38.2 Å². The van der Waals surface area contributed by atoms with E-state index < -0.39 is 0 Å². The predicted octanol–water partition coefficient (Wildman–Crippen LogP) is 2.57. The molecule has 1 saturated heterocycles. The topological polar surface area (TPSA) is 50.5 Å². The number of benzene rings is 1. The molecule has 1 heterocycles. The highest BCUT2D eigenvalue weighted by atomic mass is 16.5. The first kappa shape index (κ1) is 14.0. The molecule has 1 aliphatic heterocycles. The van der Waals surface area contributed by atoms with E-state index in [1.54, 1.807) is 7.11 Å². The minimum atomic E-state index is 0.775. The maximum Gasteiger partial charge on any atom is 0.121 e. The number of nitrogens with two attached hydrogens (primary N) is 1. The fourth-order valence-corrected chi connectivity index (χ4v) is 2.52. The lowest BCUT2D eigenvalue weighted by atomic mass is 10.2. The number of hydrogen-bond donors (Lipinski definition) is 2. The van der Waals surface area contributed by atoms with Gasteiger partial charge in [0.1, 0.15) is 5.75 Å². The van der Waals surface area contributed by atoms with Crippen molar-refractivity contribution in [3.05, 3.63) is 18.2 Å². The zero-order valence-electron chi connectivity index (χ0n) is 11.8. The Hall–Kier alpha value is -1.42. The van der Waals surface area contributed by atoms with Gasteiger partial charge in [-0.25, -0.2) is 0 Å². The first-order valence-corrected chi connectivity index (χ1v) is 7.19. The molecule has 4 heteroatoms. The van der Waals surface area contributed by atoms with E-state index in [9.17, 15) is 0 Å². The van der Waals surface area contributed by atoms with Crippen LogP contribution in [0.5, 0.6) is 5.75 Å². The summed E-state index contributed by atoms with van der Waals surface area (Å²) in [6.07, 6.45) is 5.43. The molecule has 0 amide bonds. The van der Waals surface area contributed by atoms with E-state index in [2.05, 4.69) is 10.2 Å². The van der Waals surface area contributed by atoms with Crippen LogP contribution in [0.25, 0.3) is 0 Å². The molecule has 1 aromatic rings. The Morgan fingerprint density at radius 2 is 1.95 bits per heavy atom. The van der Waals surface area contributed by atoms with Crippen LogP contribution in [0, 0.1) is 0 Å². The second-order valence-corrected chi connectivity index (χ2v) is 5.14. The molecular formula is C15H25N3O. The van der Waals surface area contributed by atoms with Gasteiger partial charge in [0.05, 0.1) is 18.5 Å². The van der Waals surface area contributed by atoms with E-state index in [4.69, 9.17) is 10.5 Å². The second kappa shape index (κ2) is 7.24. The Morgan fingerprint density at radius 3 is 2.63 bits per heavy atom. The summed E-state index contributed by atoms with van der Waals surface area (Å²) in [6, 6.07) is 5.72. The molecule has 2 rings (SSSR count). The van der Waals surface area contributed by atoms with Crippen LogP contribution in [0.3, 0.4) is 0 Å². The van der Waals surface area contributed by atoms with Crippen LogP contribution in [0.15, 0.2) is 18.2 Å². The maximum absolute atomic E-state index is 5.96. The van der Waals surface area contributed by atoms with E-state index in [0.717, 1.165) is 30.2 Å². The number of nitrogens with zero attached hydrogens (tertiary/aromatic N) is 1. The lowest BCUT2D eigenvalue weighted by Crippen LogP contribution is -2.30.